The molecule has 0 amide bonds. The average molecular weight is 1490 g/mol. The number of ether oxygens (including phenoxy) is 5. The summed E-state index contributed by atoms with van der Waals surface area (Å²) in [6, 6.07) is 1.21. The maximum Gasteiger partial charge on any atom is 0.472 e. The zero-order valence-electron chi connectivity index (χ0n) is 51.7. The van der Waals surface area contributed by atoms with Crippen LogP contribution in [0.4, 0.5) is 17.7 Å². The molecule has 12 heterocycles. The minimum atomic E-state index is -5.55. The van der Waals surface area contributed by atoms with E-state index in [9.17, 15) is 81.6 Å². The van der Waals surface area contributed by atoms with Crippen LogP contribution < -0.4 is 56.5 Å². The number of aliphatic hydroxyl groups is 2. The lowest BCUT2D eigenvalue weighted by molar-refractivity contribution is -0.0643. The summed E-state index contributed by atoms with van der Waals surface area (Å²) in [6.45, 7) is -2.01. The fourth-order valence-corrected chi connectivity index (χ4v) is 15.4. The third-order valence-electron chi connectivity index (χ3n) is 16.4. The first-order valence-corrected chi connectivity index (χ1v) is 35.8. The molecule has 51 heteroatoms. The number of aromatic nitrogens is 14. The highest BCUT2D eigenvalue weighted by molar-refractivity contribution is 7.48. The number of nitrogens with one attached hydrogen (secondary N) is 4. The van der Waals surface area contributed by atoms with E-state index < -0.39 is 215 Å². The Labute approximate surface area is 555 Å². The van der Waals surface area contributed by atoms with Crippen LogP contribution in [0.25, 0.3) is 22.3 Å². The van der Waals surface area contributed by atoms with E-state index in [4.69, 9.17) is 77.1 Å². The van der Waals surface area contributed by atoms with Crippen molar-refractivity contribution in [3.8, 4) is 0 Å². The van der Waals surface area contributed by atoms with Crippen molar-refractivity contribution >= 4 is 71.3 Å². The summed E-state index contributed by atoms with van der Waals surface area (Å²) in [7, 11) is -21.7. The van der Waals surface area contributed by atoms with Gasteiger partial charge in [-0.3, -0.25) is 98.1 Å². The largest absolute Gasteiger partial charge is 0.472 e. The highest BCUT2D eigenvalue weighted by Crippen LogP contribution is 2.55. The monoisotopic (exact) mass is 1490 g/mol. The summed E-state index contributed by atoms with van der Waals surface area (Å²) in [5.41, 5.74) is 11.0. The van der Waals surface area contributed by atoms with Crippen molar-refractivity contribution < 1.29 is 108 Å². The summed E-state index contributed by atoms with van der Waals surface area (Å²) >= 11 is 0. The van der Waals surface area contributed by atoms with Gasteiger partial charge in [0.15, 0.2) is 22.3 Å². The topological polar surface area (TPSA) is 659 Å². The number of phosphoric acid groups is 4. The van der Waals surface area contributed by atoms with Crippen molar-refractivity contribution in [2.24, 2.45) is 0 Å². The first-order valence-electron chi connectivity index (χ1n) is 29.8. The molecule has 5 aliphatic heterocycles. The van der Waals surface area contributed by atoms with Gasteiger partial charge in [0.05, 0.1) is 51.8 Å². The molecular formula is C49H63N17O30P4. The van der Waals surface area contributed by atoms with Crippen LogP contribution in [-0.2, 0) is 78.1 Å². The SMILES string of the molecule is Cc1cn([C@H]2C[C@H](OP(=O)(O)OC[C@H]3O[C@@H](n4ccc(N)nc4=O)C[C@@H]3OP(=O)(O)OC[C@H]3O[C@@H](n4cnc5c(=O)[nH]c(N)nc54)C[C@@H]3OP(=O)(O)OC[C@H]3O[C@@H](n4cc(C)c(=O)[nH]c4=O)C[C@@H]3OP(=O)(O)OC[C@H]3O[C@@H](n4cnc5c(=O)[nH]c(N)nc54)C[C@@H]3O)[C@@H](CO)O2)c(=O)[nH]c1=O. The van der Waals surface area contributed by atoms with Gasteiger partial charge in [0.2, 0.25) is 11.9 Å². The summed E-state index contributed by atoms with van der Waals surface area (Å²) in [6.07, 6.45) is -18.5. The second-order valence-corrected chi connectivity index (χ2v) is 28.9. The van der Waals surface area contributed by atoms with E-state index in [-0.39, 0.29) is 64.0 Å². The second kappa shape index (κ2) is 28.4. The number of phosphoric ester groups is 4. The van der Waals surface area contributed by atoms with Gasteiger partial charge < -0.3 is 70.7 Å². The van der Waals surface area contributed by atoms with E-state index in [2.05, 4.69) is 44.9 Å². The van der Waals surface area contributed by atoms with E-state index in [0.29, 0.717) is 0 Å². The second-order valence-electron chi connectivity index (χ2n) is 23.3. The number of aliphatic hydroxyl groups excluding tert-OH is 2. The van der Waals surface area contributed by atoms with Crippen molar-refractivity contribution in [2.45, 2.75) is 138 Å². The van der Waals surface area contributed by atoms with E-state index >= 15 is 0 Å². The average Bonchev–Trinajstić information content (AvgIpc) is 1.64. The number of nitrogens with two attached hydrogens (primary N) is 3. The first kappa shape index (κ1) is 72.3. The van der Waals surface area contributed by atoms with Crippen LogP contribution in [0.3, 0.4) is 0 Å². The van der Waals surface area contributed by atoms with Gasteiger partial charge in [0.1, 0.15) is 91.9 Å². The molecule has 100 heavy (non-hydrogen) atoms. The maximum atomic E-state index is 14.2. The maximum absolute atomic E-state index is 14.2. The van der Waals surface area contributed by atoms with Crippen LogP contribution >= 0.6 is 31.3 Å². The molecule has 5 fully saturated rings. The van der Waals surface area contributed by atoms with Gasteiger partial charge in [-0.15, -0.1) is 0 Å². The molecule has 7 aromatic rings. The Kier molecular flexibility index (Phi) is 20.5. The van der Waals surface area contributed by atoms with Crippen molar-refractivity contribution in [1.29, 1.82) is 0 Å². The fraction of sp³-hybridized carbons (Fsp3) is 0.551. The van der Waals surface area contributed by atoms with E-state index in [0.717, 1.165) is 37.0 Å². The molecular weight excluding hydrogens is 1430 g/mol. The molecule has 0 radical (unpaired) electrons. The Morgan fingerprint density at radius 1 is 0.490 bits per heavy atom. The number of aryl methyl sites for hydroxylation is 2. The minimum Gasteiger partial charge on any atom is -0.394 e. The van der Waals surface area contributed by atoms with Crippen molar-refractivity contribution in [3.63, 3.8) is 0 Å². The molecule has 12 rings (SSSR count). The Morgan fingerprint density at radius 2 is 0.840 bits per heavy atom. The molecule has 0 aromatic carbocycles. The molecule has 4 unspecified atom stereocenters. The third kappa shape index (κ3) is 15.9. The molecule has 7 aromatic heterocycles. The number of imidazole rings is 2. The quantitative estimate of drug-likeness (QED) is 0.0237. The summed E-state index contributed by atoms with van der Waals surface area (Å²) in [4.78, 5) is 162. The standard InChI is InChI=1S/C49H63N17O30P4/c1-19-10-63(48(74)60-41(19)69)34-6-22(26(12-67)88-34)93-98(78,79)85-14-28-23(7-33(90-28)62-4-3-31(50)55-47(62)73)94-99(80,81)87-16-30-25(9-36(92-30)66-18-54-38-40(66)57-46(52)59-44(38)72)96-100(82,83)86-15-29-24(8-35(91-29)64-11-20(2)42(70)61-49(64)75)95-97(76,77)84-13-27-21(68)5-32(89-27)65-17-53-37-39(65)56-45(51)58-43(37)71/h3-4,10-11,17-18,21-30,32-36,67-68H,5-9,12-16H2,1-2H3,(H,76,77)(H,78,79)(H,80,81)(H,82,83)(H2,50,55,73)(H,60,69,74)(H,61,70,75)(H3,51,56,58,71)(H3,52,57,59,72)/t21-,22-,23-,24-,25-,26+,27+,28+,29+,30+,32+,33+,34+,35+,36+/m0/s1. The van der Waals surface area contributed by atoms with E-state index in [1.807, 2.05) is 0 Å². The highest BCUT2D eigenvalue weighted by Gasteiger charge is 2.50. The van der Waals surface area contributed by atoms with Crippen molar-refractivity contribution in [3.05, 3.63) is 121 Å². The Balaban J connectivity index is 0.740. The number of nitrogen functional groups attached to an aromatic ring is 3. The van der Waals surface area contributed by atoms with E-state index in [1.165, 1.54) is 37.0 Å². The normalized spacial score (nSPS) is 29.5. The third-order valence-corrected chi connectivity index (χ3v) is 20.4. The van der Waals surface area contributed by atoms with Gasteiger partial charge in [0.25, 0.3) is 22.2 Å². The zero-order valence-corrected chi connectivity index (χ0v) is 55.2. The number of anilines is 3. The highest BCUT2D eigenvalue weighted by atomic mass is 31.2. The van der Waals surface area contributed by atoms with Crippen LogP contribution in [0.15, 0.2) is 70.9 Å². The summed E-state index contributed by atoms with van der Waals surface area (Å²) < 4.78 is 134. The van der Waals surface area contributed by atoms with E-state index in [1.54, 1.807) is 0 Å². The Hall–Kier alpha value is -7.50. The van der Waals surface area contributed by atoms with Gasteiger partial charge >= 0.3 is 48.4 Å². The lowest BCUT2D eigenvalue weighted by Gasteiger charge is -2.25. The van der Waals surface area contributed by atoms with Gasteiger partial charge in [-0.25, -0.2) is 42.6 Å². The number of H-pyrrole nitrogens is 4. The van der Waals surface area contributed by atoms with Crippen molar-refractivity contribution in [2.75, 3.05) is 50.2 Å². The molecule has 5 saturated heterocycles. The summed E-state index contributed by atoms with van der Waals surface area (Å²) in [5, 5.41) is 21.0. The first-order chi connectivity index (χ1) is 47.2. The number of fused-ring (bicyclic) bond motifs is 2. The smallest absolute Gasteiger partial charge is 0.394 e. The van der Waals surface area contributed by atoms with Gasteiger partial charge in [0, 0.05) is 61.8 Å². The van der Waals surface area contributed by atoms with Gasteiger partial charge in [-0.2, -0.15) is 15.0 Å². The van der Waals surface area contributed by atoms with Gasteiger partial charge in [-0.1, -0.05) is 0 Å². The molecule has 0 saturated carbocycles. The lowest BCUT2D eigenvalue weighted by Crippen LogP contribution is -2.33. The fourth-order valence-electron chi connectivity index (χ4n) is 11.6. The molecule has 0 bridgehead atoms. The molecule has 19 atom stereocenters. The lowest BCUT2D eigenvalue weighted by atomic mass is 10.2. The summed E-state index contributed by atoms with van der Waals surface area (Å²) in [5.74, 6) is -0.824. The van der Waals surface area contributed by atoms with Crippen LogP contribution in [0.5, 0.6) is 0 Å². The molecule has 16 N–H and O–H groups in total. The Morgan fingerprint density at radius 3 is 1.24 bits per heavy atom. The number of hydrogen-bond acceptors (Lipinski definition) is 34. The minimum absolute atomic E-state index is 0.000195. The molecule has 5 aliphatic rings. The number of rotatable bonds is 26. The number of nitrogens with zero attached hydrogens (tertiary/aromatic N) is 10. The predicted octanol–water partition coefficient (Wildman–Crippen LogP) is -3.23. The number of hydrogen-bond donors (Lipinski definition) is 13. The molecule has 0 spiro atoms. The predicted molar refractivity (Wildman–Crippen MR) is 328 cm³/mol. The Bertz CT molecular complexity index is 4900. The molecule has 0 aliphatic carbocycles. The van der Waals surface area contributed by atoms with Gasteiger partial charge in [-0.05, 0) is 19.9 Å². The van der Waals surface area contributed by atoms with Crippen LogP contribution in [0.1, 0.15) is 74.4 Å². The zero-order chi connectivity index (χ0) is 71.7. The van der Waals surface area contributed by atoms with Crippen LogP contribution in [0.2, 0.25) is 0 Å². The molecule has 544 valence electrons. The number of aromatic amines is 4. The van der Waals surface area contributed by atoms with Crippen LogP contribution in [0, 0.1) is 13.8 Å². The van der Waals surface area contributed by atoms with Crippen molar-refractivity contribution in [1.82, 2.24) is 67.7 Å². The molecule has 47 nitrogen and oxygen atoms in total. The van der Waals surface area contributed by atoms with Crippen LogP contribution in [-0.4, -0.2) is 192 Å².